The molecule has 0 aliphatic carbocycles. The zero-order chi connectivity index (χ0) is 17.8. The first-order chi connectivity index (χ1) is 12.8. The van der Waals surface area contributed by atoms with E-state index in [1.165, 1.54) is 15.3 Å². The highest BCUT2D eigenvalue weighted by atomic mass is 32.1. The van der Waals surface area contributed by atoms with Gasteiger partial charge in [-0.3, -0.25) is 0 Å². The summed E-state index contributed by atoms with van der Waals surface area (Å²) in [6.07, 6.45) is 2.41. The molecule has 0 bridgehead atoms. The summed E-state index contributed by atoms with van der Waals surface area (Å²) in [5.74, 6) is 0.926. The van der Waals surface area contributed by atoms with E-state index in [1.54, 1.807) is 11.3 Å². The summed E-state index contributed by atoms with van der Waals surface area (Å²) in [5, 5.41) is 24.6. The van der Waals surface area contributed by atoms with Gasteiger partial charge in [0.1, 0.15) is 0 Å². The van der Waals surface area contributed by atoms with Crippen LogP contribution in [-0.2, 0) is 13.0 Å². The summed E-state index contributed by atoms with van der Waals surface area (Å²) < 4.78 is 1.95. The van der Waals surface area contributed by atoms with Crippen LogP contribution in [0.3, 0.4) is 0 Å². The number of nitrogens with one attached hydrogen (secondary N) is 1. The summed E-state index contributed by atoms with van der Waals surface area (Å²) in [4.78, 5) is 2.72. The van der Waals surface area contributed by atoms with Crippen molar-refractivity contribution in [2.45, 2.75) is 38.0 Å². The Morgan fingerprint density at radius 3 is 2.69 bits per heavy atom. The molecular formula is C19H24N5OS+. The SMILES string of the molecule is OC1CC[NH+]([C@H](c2cccs2)c2nnnn2CCc2ccccc2)CC1. The molecule has 1 fully saturated rings. The van der Waals surface area contributed by atoms with Gasteiger partial charge in [-0.2, -0.15) is 0 Å². The molecule has 136 valence electrons. The van der Waals surface area contributed by atoms with Crippen LogP contribution in [0.4, 0.5) is 0 Å². The van der Waals surface area contributed by atoms with Gasteiger partial charge in [-0.1, -0.05) is 36.4 Å². The van der Waals surface area contributed by atoms with E-state index in [0.717, 1.165) is 44.7 Å². The largest absolute Gasteiger partial charge is 0.393 e. The number of benzene rings is 1. The van der Waals surface area contributed by atoms with E-state index < -0.39 is 0 Å². The van der Waals surface area contributed by atoms with Gasteiger partial charge < -0.3 is 10.0 Å². The molecule has 1 saturated heterocycles. The van der Waals surface area contributed by atoms with Crippen molar-refractivity contribution in [3.8, 4) is 0 Å². The minimum absolute atomic E-state index is 0.133. The van der Waals surface area contributed by atoms with E-state index in [1.807, 2.05) is 10.7 Å². The number of quaternary nitrogens is 1. The van der Waals surface area contributed by atoms with Crippen molar-refractivity contribution in [3.63, 3.8) is 0 Å². The number of aryl methyl sites for hydroxylation is 2. The Morgan fingerprint density at radius 1 is 1.15 bits per heavy atom. The highest BCUT2D eigenvalue weighted by Crippen LogP contribution is 2.23. The second kappa shape index (κ2) is 8.07. The Bertz CT molecular complexity index is 796. The van der Waals surface area contributed by atoms with Gasteiger partial charge in [0, 0.05) is 19.4 Å². The van der Waals surface area contributed by atoms with E-state index in [-0.39, 0.29) is 12.1 Å². The van der Waals surface area contributed by atoms with Crippen LogP contribution in [0, 0.1) is 0 Å². The molecule has 2 N–H and O–H groups in total. The number of piperidine rings is 1. The third-order valence-corrected chi connectivity index (χ3v) is 6.04. The van der Waals surface area contributed by atoms with Crippen molar-refractivity contribution in [3.05, 3.63) is 64.1 Å². The summed E-state index contributed by atoms with van der Waals surface area (Å²) in [6.45, 7) is 2.65. The first-order valence-corrected chi connectivity index (χ1v) is 10.1. The van der Waals surface area contributed by atoms with E-state index in [2.05, 4.69) is 57.3 Å². The molecule has 26 heavy (non-hydrogen) atoms. The Labute approximate surface area is 157 Å². The molecule has 1 aliphatic heterocycles. The Hall–Kier alpha value is -2.09. The molecule has 3 aromatic rings. The fraction of sp³-hybridized carbons (Fsp3) is 0.421. The fourth-order valence-electron chi connectivity index (χ4n) is 3.69. The lowest BCUT2D eigenvalue weighted by molar-refractivity contribution is -0.931. The monoisotopic (exact) mass is 370 g/mol. The van der Waals surface area contributed by atoms with Crippen molar-refractivity contribution in [2.24, 2.45) is 0 Å². The molecule has 1 aromatic carbocycles. The zero-order valence-corrected chi connectivity index (χ0v) is 15.5. The number of nitrogens with zero attached hydrogens (tertiary/aromatic N) is 4. The van der Waals surface area contributed by atoms with Crippen LogP contribution < -0.4 is 4.90 Å². The summed E-state index contributed by atoms with van der Waals surface area (Å²) in [7, 11) is 0. The number of aliphatic hydroxyl groups is 1. The lowest BCUT2D eigenvalue weighted by atomic mass is 10.0. The van der Waals surface area contributed by atoms with Crippen molar-refractivity contribution in [1.29, 1.82) is 0 Å². The number of tetrazole rings is 1. The maximum Gasteiger partial charge on any atom is 0.215 e. The van der Waals surface area contributed by atoms with Gasteiger partial charge >= 0.3 is 0 Å². The smallest absolute Gasteiger partial charge is 0.215 e. The van der Waals surface area contributed by atoms with Crippen molar-refractivity contribution in [1.82, 2.24) is 20.2 Å². The van der Waals surface area contributed by atoms with Gasteiger partial charge in [-0.15, -0.1) is 16.4 Å². The number of likely N-dealkylation sites (tertiary alicyclic amines) is 1. The third kappa shape index (κ3) is 3.85. The number of aromatic nitrogens is 4. The second-order valence-corrected chi connectivity index (χ2v) is 7.81. The van der Waals surface area contributed by atoms with Crippen LogP contribution in [0.15, 0.2) is 47.8 Å². The highest BCUT2D eigenvalue weighted by molar-refractivity contribution is 7.10. The second-order valence-electron chi connectivity index (χ2n) is 6.83. The van der Waals surface area contributed by atoms with Gasteiger partial charge in [0.25, 0.3) is 0 Å². The molecule has 1 aliphatic rings. The molecular weight excluding hydrogens is 346 g/mol. The van der Waals surface area contributed by atoms with E-state index >= 15 is 0 Å². The topological polar surface area (TPSA) is 68.3 Å². The Kier molecular flexibility index (Phi) is 5.38. The predicted octanol–water partition coefficient (Wildman–Crippen LogP) is 1.11. The average molecular weight is 371 g/mol. The van der Waals surface area contributed by atoms with Crippen LogP contribution in [0.25, 0.3) is 0 Å². The quantitative estimate of drug-likeness (QED) is 0.682. The Balaban J connectivity index is 1.57. The lowest BCUT2D eigenvalue weighted by Gasteiger charge is -2.32. The van der Waals surface area contributed by atoms with Gasteiger partial charge in [0.05, 0.1) is 24.1 Å². The molecule has 0 unspecified atom stereocenters. The summed E-state index contributed by atoms with van der Waals surface area (Å²) in [6, 6.07) is 14.8. The van der Waals surface area contributed by atoms with E-state index in [4.69, 9.17) is 0 Å². The number of rotatable bonds is 6. The normalized spacial score (nSPS) is 21.6. The number of aliphatic hydroxyl groups excluding tert-OH is 1. The molecule has 0 spiro atoms. The molecule has 3 heterocycles. The molecule has 0 saturated carbocycles. The van der Waals surface area contributed by atoms with Crippen LogP contribution in [-0.4, -0.2) is 44.5 Å². The van der Waals surface area contributed by atoms with Gasteiger partial charge in [0.15, 0.2) is 6.04 Å². The minimum atomic E-state index is -0.170. The Morgan fingerprint density at radius 2 is 1.96 bits per heavy atom. The first-order valence-electron chi connectivity index (χ1n) is 9.17. The molecule has 0 amide bonds. The molecule has 6 nitrogen and oxygen atoms in total. The van der Waals surface area contributed by atoms with Gasteiger partial charge in [-0.05, 0) is 33.9 Å². The number of hydrogen-bond acceptors (Lipinski definition) is 5. The van der Waals surface area contributed by atoms with Crippen molar-refractivity contribution < 1.29 is 10.0 Å². The van der Waals surface area contributed by atoms with E-state index in [9.17, 15) is 5.11 Å². The molecule has 1 atom stereocenters. The van der Waals surface area contributed by atoms with Crippen LogP contribution in [0.5, 0.6) is 0 Å². The maximum atomic E-state index is 9.88. The van der Waals surface area contributed by atoms with Crippen molar-refractivity contribution >= 4 is 11.3 Å². The molecule has 7 heteroatoms. The van der Waals surface area contributed by atoms with Crippen LogP contribution in [0.2, 0.25) is 0 Å². The maximum absolute atomic E-state index is 9.88. The van der Waals surface area contributed by atoms with Crippen molar-refractivity contribution in [2.75, 3.05) is 13.1 Å². The van der Waals surface area contributed by atoms with Gasteiger partial charge in [-0.25, -0.2) is 4.68 Å². The van der Waals surface area contributed by atoms with E-state index in [0.29, 0.717) is 0 Å². The average Bonchev–Trinajstić information content (AvgIpc) is 3.36. The molecule has 4 rings (SSSR count). The van der Waals surface area contributed by atoms with Crippen LogP contribution >= 0.6 is 11.3 Å². The van der Waals surface area contributed by atoms with Crippen LogP contribution in [0.1, 0.15) is 35.1 Å². The lowest BCUT2D eigenvalue weighted by Crippen LogP contribution is -3.13. The fourth-order valence-corrected chi connectivity index (χ4v) is 4.57. The molecule has 0 radical (unpaired) electrons. The standard InChI is InChI=1S/C19H23N5OS/c25-16-9-11-23(12-10-16)18(17-7-4-14-26-17)19-20-21-22-24(19)13-8-15-5-2-1-3-6-15/h1-7,14,16,18,25H,8-13H2/p+1/t18-/m1/s1. The molecule has 2 aromatic heterocycles. The first kappa shape index (κ1) is 17.3. The van der Waals surface area contributed by atoms with Gasteiger partial charge in [0.2, 0.25) is 5.82 Å². The number of hydrogen-bond donors (Lipinski definition) is 2. The third-order valence-electron chi connectivity index (χ3n) is 5.11. The highest BCUT2D eigenvalue weighted by Gasteiger charge is 2.34. The minimum Gasteiger partial charge on any atom is -0.393 e. The zero-order valence-electron chi connectivity index (χ0n) is 14.7. The summed E-state index contributed by atoms with van der Waals surface area (Å²) >= 11 is 1.75. The number of thiophene rings is 1. The summed E-state index contributed by atoms with van der Waals surface area (Å²) in [5.41, 5.74) is 1.29. The predicted molar refractivity (Wildman–Crippen MR) is 100 cm³/mol.